The van der Waals surface area contributed by atoms with Crippen molar-refractivity contribution in [2.75, 3.05) is 5.73 Å². The fraction of sp³-hybridized carbons (Fsp3) is 0. The third-order valence-electron chi connectivity index (χ3n) is 0.726. The second kappa shape index (κ2) is 2.49. The minimum Gasteiger partial charge on any atom is -0.381 e. The predicted octanol–water partition coefficient (Wildman–Crippen LogP) is 1.47. The van der Waals surface area contributed by atoms with Crippen LogP contribution < -0.4 is 5.73 Å². The molecule has 0 bridgehead atoms. The van der Waals surface area contributed by atoms with E-state index in [9.17, 15) is 0 Å². The van der Waals surface area contributed by atoms with Gasteiger partial charge in [0.2, 0.25) is 0 Å². The van der Waals surface area contributed by atoms with Crippen LogP contribution in [-0.4, -0.2) is 9.97 Å². The van der Waals surface area contributed by atoms with Crippen molar-refractivity contribution < 1.29 is 0 Å². The number of anilines is 1. The second-order valence-electron chi connectivity index (χ2n) is 1.37. The van der Waals surface area contributed by atoms with Crippen LogP contribution in [0.3, 0.4) is 0 Å². The Balaban J connectivity index is 3.17. The molecule has 48 valence electrons. The number of aromatic nitrogens is 2. The normalized spacial score (nSPS) is 9.56. The third-order valence-corrected chi connectivity index (χ3v) is 1.49. The summed E-state index contributed by atoms with van der Waals surface area (Å²) in [4.78, 5) is 7.48. The van der Waals surface area contributed by atoms with Gasteiger partial charge < -0.3 is 5.73 Å². The van der Waals surface area contributed by atoms with E-state index < -0.39 is 0 Å². The molecule has 1 rings (SSSR count). The van der Waals surface area contributed by atoms with Gasteiger partial charge in [-0.15, -0.1) is 0 Å². The summed E-state index contributed by atoms with van der Waals surface area (Å²) >= 11 is 8.52. The maximum absolute atomic E-state index is 5.46. The number of nitrogen functional groups attached to an aromatic ring is 1. The van der Waals surface area contributed by atoms with Crippen molar-refractivity contribution in [1.29, 1.82) is 0 Å². The van der Waals surface area contributed by atoms with E-state index in [0.717, 1.165) is 0 Å². The van der Waals surface area contributed by atoms with Gasteiger partial charge >= 0.3 is 0 Å². The fourth-order valence-electron chi connectivity index (χ4n) is 0.356. The Morgan fingerprint density at radius 3 is 2.78 bits per heavy atom. The minimum absolute atomic E-state index is 0.330. The van der Waals surface area contributed by atoms with Crippen molar-refractivity contribution in [3.05, 3.63) is 16.0 Å². The lowest BCUT2D eigenvalue weighted by atomic mass is 10.7. The zero-order valence-corrected chi connectivity index (χ0v) is 6.65. The van der Waals surface area contributed by atoms with Crippen LogP contribution in [0.1, 0.15) is 0 Å². The number of nitrogens with zero attached hydrogens (tertiary/aromatic N) is 2. The molecule has 9 heavy (non-hydrogen) atoms. The number of rotatable bonds is 0. The highest BCUT2D eigenvalue weighted by molar-refractivity contribution is 9.10. The molecule has 0 radical (unpaired) electrons. The molecule has 0 saturated carbocycles. The van der Waals surface area contributed by atoms with Gasteiger partial charge in [0.25, 0.3) is 0 Å². The van der Waals surface area contributed by atoms with E-state index in [1.807, 2.05) is 0 Å². The topological polar surface area (TPSA) is 51.8 Å². The van der Waals surface area contributed by atoms with Gasteiger partial charge in [-0.3, -0.25) is 0 Å². The lowest BCUT2D eigenvalue weighted by Gasteiger charge is -1.93. The van der Waals surface area contributed by atoms with E-state index in [2.05, 4.69) is 25.9 Å². The summed E-state index contributed by atoms with van der Waals surface area (Å²) in [6.45, 7) is 0. The van der Waals surface area contributed by atoms with Crippen molar-refractivity contribution in [2.24, 2.45) is 0 Å². The Kier molecular flexibility index (Phi) is 1.87. The fourth-order valence-corrected chi connectivity index (χ4v) is 0.885. The van der Waals surface area contributed by atoms with Crippen LogP contribution in [0.25, 0.3) is 0 Å². The molecule has 0 unspecified atom stereocenters. The predicted molar refractivity (Wildman–Crippen MR) is 39.2 cm³/mol. The molecule has 5 heteroatoms. The molecular weight excluding hydrogens is 205 g/mol. The molecular formula is C4H3BrClN3. The second-order valence-corrected chi connectivity index (χ2v) is 2.51. The lowest BCUT2D eigenvalue weighted by molar-refractivity contribution is 1.18. The van der Waals surface area contributed by atoms with Gasteiger partial charge in [0, 0.05) is 0 Å². The number of nitrogens with two attached hydrogens (primary N) is 1. The first kappa shape index (κ1) is 6.77. The van der Waals surface area contributed by atoms with Gasteiger partial charge in [0.1, 0.15) is 9.76 Å². The molecule has 1 aromatic heterocycles. The monoisotopic (exact) mass is 207 g/mol. The molecule has 0 atom stereocenters. The Bertz CT molecular complexity index is 227. The zero-order chi connectivity index (χ0) is 6.85. The molecule has 0 amide bonds. The lowest BCUT2D eigenvalue weighted by Crippen LogP contribution is -1.92. The quantitative estimate of drug-likeness (QED) is 0.702. The summed E-state index contributed by atoms with van der Waals surface area (Å²) in [7, 11) is 0. The Labute approximate surface area is 65.4 Å². The summed E-state index contributed by atoms with van der Waals surface area (Å²) < 4.78 is 0.481. The Morgan fingerprint density at radius 1 is 1.67 bits per heavy atom. The Morgan fingerprint density at radius 2 is 2.33 bits per heavy atom. The average molecular weight is 208 g/mol. The molecule has 0 aliphatic rings. The van der Waals surface area contributed by atoms with E-state index in [1.54, 1.807) is 0 Å². The van der Waals surface area contributed by atoms with Crippen molar-refractivity contribution in [2.45, 2.75) is 0 Å². The average Bonchev–Trinajstić information content (AvgIpc) is 1.80. The summed E-state index contributed by atoms with van der Waals surface area (Å²) in [6.07, 6.45) is 1.39. The minimum atomic E-state index is 0.330. The van der Waals surface area contributed by atoms with Crippen LogP contribution in [0, 0.1) is 0 Å². The van der Waals surface area contributed by atoms with E-state index in [4.69, 9.17) is 17.3 Å². The van der Waals surface area contributed by atoms with Crippen molar-refractivity contribution in [3.8, 4) is 0 Å². The highest BCUT2D eigenvalue weighted by Gasteiger charge is 1.96. The molecule has 0 fully saturated rings. The molecule has 0 spiro atoms. The van der Waals surface area contributed by atoms with Crippen molar-refractivity contribution in [3.63, 3.8) is 0 Å². The number of halogens is 2. The summed E-state index contributed by atoms with van der Waals surface area (Å²) in [6, 6.07) is 0. The highest BCUT2D eigenvalue weighted by atomic mass is 79.9. The molecule has 1 aromatic rings. The first-order valence-corrected chi connectivity index (χ1v) is 3.31. The van der Waals surface area contributed by atoms with E-state index >= 15 is 0 Å². The zero-order valence-electron chi connectivity index (χ0n) is 4.31. The van der Waals surface area contributed by atoms with Gasteiger partial charge in [-0.2, -0.15) is 0 Å². The van der Waals surface area contributed by atoms with Crippen LogP contribution in [0.15, 0.2) is 10.8 Å². The first-order chi connectivity index (χ1) is 4.20. The number of hydrogen-bond donors (Lipinski definition) is 1. The number of hydrogen-bond acceptors (Lipinski definition) is 3. The molecule has 3 nitrogen and oxygen atoms in total. The maximum Gasteiger partial charge on any atom is 0.156 e. The first-order valence-electron chi connectivity index (χ1n) is 2.13. The maximum atomic E-state index is 5.46. The molecule has 1 heterocycles. The van der Waals surface area contributed by atoms with E-state index in [-0.39, 0.29) is 0 Å². The van der Waals surface area contributed by atoms with Gasteiger partial charge in [0.15, 0.2) is 5.82 Å². The van der Waals surface area contributed by atoms with Crippen LogP contribution >= 0.6 is 27.5 Å². The van der Waals surface area contributed by atoms with Gasteiger partial charge in [-0.1, -0.05) is 11.6 Å². The van der Waals surface area contributed by atoms with Crippen LogP contribution in [0.5, 0.6) is 0 Å². The van der Waals surface area contributed by atoms with Crippen LogP contribution in [0.2, 0.25) is 5.15 Å². The largest absolute Gasteiger partial charge is 0.381 e. The van der Waals surface area contributed by atoms with Crippen LogP contribution in [0.4, 0.5) is 5.82 Å². The Hall–Kier alpha value is -0.350. The van der Waals surface area contributed by atoms with Gasteiger partial charge in [0.05, 0.1) is 6.20 Å². The summed E-state index contributed by atoms with van der Waals surface area (Å²) in [5.74, 6) is 0.347. The third kappa shape index (κ3) is 1.53. The molecule has 0 aliphatic carbocycles. The SMILES string of the molecule is Nc1ncc(Cl)nc1Br. The van der Waals surface area contributed by atoms with Crippen LogP contribution in [-0.2, 0) is 0 Å². The van der Waals surface area contributed by atoms with Gasteiger partial charge in [-0.05, 0) is 15.9 Å². The van der Waals surface area contributed by atoms with Gasteiger partial charge in [-0.25, -0.2) is 9.97 Å². The van der Waals surface area contributed by atoms with Crippen molar-refractivity contribution >= 4 is 33.3 Å². The smallest absolute Gasteiger partial charge is 0.156 e. The summed E-state index contributed by atoms with van der Waals surface area (Å²) in [5, 5.41) is 0.330. The molecule has 2 N–H and O–H groups in total. The standard InChI is InChI=1S/C4H3BrClN3/c5-3-4(7)8-1-2(6)9-3/h1H,(H2,7,8). The molecule has 0 aromatic carbocycles. The van der Waals surface area contributed by atoms with Crippen molar-refractivity contribution in [1.82, 2.24) is 9.97 Å². The summed E-state index contributed by atoms with van der Waals surface area (Å²) in [5.41, 5.74) is 5.31. The molecule has 0 aliphatic heterocycles. The van der Waals surface area contributed by atoms with E-state index in [1.165, 1.54) is 6.20 Å². The van der Waals surface area contributed by atoms with E-state index in [0.29, 0.717) is 15.6 Å². The highest BCUT2D eigenvalue weighted by Crippen LogP contribution is 2.14. The molecule has 0 saturated heterocycles.